The smallest absolute Gasteiger partial charge is 0.328 e. The summed E-state index contributed by atoms with van der Waals surface area (Å²) >= 11 is 0. The molecule has 5 heteroatoms. The molecule has 0 aliphatic carbocycles. The molecule has 0 spiro atoms. The van der Waals surface area contributed by atoms with Crippen molar-refractivity contribution in [2.45, 2.75) is 32.8 Å². The number of carboxylic acids is 1. The Labute approximate surface area is 117 Å². The predicted octanol–water partition coefficient (Wildman–Crippen LogP) is 3.08. The molecule has 0 bridgehead atoms. The van der Waals surface area contributed by atoms with Crippen molar-refractivity contribution in [2.24, 2.45) is 0 Å². The van der Waals surface area contributed by atoms with E-state index in [1.54, 1.807) is 12.1 Å². The number of carboxylic acid groups (broad SMARTS) is 1. The summed E-state index contributed by atoms with van der Waals surface area (Å²) in [4.78, 5) is 10.7. The second-order valence-electron chi connectivity index (χ2n) is 4.63. The number of rotatable bonds is 6. The van der Waals surface area contributed by atoms with Crippen LogP contribution in [0.5, 0.6) is 17.2 Å². The third-order valence-corrected chi connectivity index (χ3v) is 2.93. The molecule has 1 N–H and O–H groups in total. The number of fused-ring (bicyclic) bond motifs is 1. The Bertz CT molecular complexity index is 521. The zero-order chi connectivity index (χ0) is 14.5. The van der Waals surface area contributed by atoms with Crippen LogP contribution in [0.25, 0.3) is 6.08 Å². The maximum absolute atomic E-state index is 10.7. The maximum atomic E-state index is 10.7. The standard InChI is InChI=1S/C15H18O5/c1-3-4-10(2)20-12-8-14-13(18-9-19-14)7-11(12)5-6-15(16)17/h5-8,10H,3-4,9H2,1-2H3,(H,16,17)/b6-5+. The van der Waals surface area contributed by atoms with Crippen LogP contribution >= 0.6 is 0 Å². The van der Waals surface area contributed by atoms with E-state index < -0.39 is 5.97 Å². The number of benzene rings is 1. The maximum Gasteiger partial charge on any atom is 0.328 e. The highest BCUT2D eigenvalue weighted by molar-refractivity contribution is 5.86. The lowest BCUT2D eigenvalue weighted by Gasteiger charge is -2.16. The molecule has 0 fully saturated rings. The fourth-order valence-electron chi connectivity index (χ4n) is 2.01. The van der Waals surface area contributed by atoms with Crippen LogP contribution in [0.1, 0.15) is 32.3 Å². The Hall–Kier alpha value is -2.17. The molecule has 5 nitrogen and oxygen atoms in total. The lowest BCUT2D eigenvalue weighted by atomic mass is 10.1. The van der Waals surface area contributed by atoms with Gasteiger partial charge in [0.15, 0.2) is 11.5 Å². The van der Waals surface area contributed by atoms with Gasteiger partial charge in [-0.25, -0.2) is 4.79 Å². The largest absolute Gasteiger partial charge is 0.490 e. The van der Waals surface area contributed by atoms with Crippen molar-refractivity contribution in [1.29, 1.82) is 0 Å². The van der Waals surface area contributed by atoms with E-state index in [9.17, 15) is 4.79 Å². The molecule has 20 heavy (non-hydrogen) atoms. The topological polar surface area (TPSA) is 65.0 Å². The van der Waals surface area contributed by atoms with Crippen LogP contribution < -0.4 is 14.2 Å². The summed E-state index contributed by atoms with van der Waals surface area (Å²) in [5, 5.41) is 8.74. The van der Waals surface area contributed by atoms with Gasteiger partial charge in [0.2, 0.25) is 6.79 Å². The molecule has 108 valence electrons. The predicted molar refractivity (Wildman–Crippen MR) is 74.2 cm³/mol. The van der Waals surface area contributed by atoms with Crippen molar-refractivity contribution >= 4 is 12.0 Å². The van der Waals surface area contributed by atoms with E-state index >= 15 is 0 Å². The Morgan fingerprint density at radius 2 is 2.15 bits per heavy atom. The van der Waals surface area contributed by atoms with Crippen LogP contribution in [0.15, 0.2) is 18.2 Å². The van der Waals surface area contributed by atoms with Crippen molar-refractivity contribution in [2.75, 3.05) is 6.79 Å². The number of ether oxygens (including phenoxy) is 3. The number of hydrogen-bond donors (Lipinski definition) is 1. The van der Waals surface area contributed by atoms with Gasteiger partial charge in [-0.3, -0.25) is 0 Å². The molecule has 0 saturated carbocycles. The highest BCUT2D eigenvalue weighted by Crippen LogP contribution is 2.39. The molecule has 0 saturated heterocycles. The third kappa shape index (κ3) is 3.44. The van der Waals surface area contributed by atoms with Gasteiger partial charge in [0, 0.05) is 17.7 Å². The van der Waals surface area contributed by atoms with E-state index in [1.807, 2.05) is 6.92 Å². The van der Waals surface area contributed by atoms with Crippen LogP contribution in [0.3, 0.4) is 0 Å². The lowest BCUT2D eigenvalue weighted by molar-refractivity contribution is -0.131. The first-order valence-corrected chi connectivity index (χ1v) is 6.61. The SMILES string of the molecule is CCCC(C)Oc1cc2c(cc1/C=C/C(=O)O)OCO2. The quantitative estimate of drug-likeness (QED) is 0.810. The number of hydrogen-bond acceptors (Lipinski definition) is 4. The van der Waals surface area contributed by atoms with Crippen LogP contribution in [0.4, 0.5) is 0 Å². The summed E-state index contributed by atoms with van der Waals surface area (Å²) in [6.07, 6.45) is 4.58. The third-order valence-electron chi connectivity index (χ3n) is 2.93. The molecule has 2 rings (SSSR count). The summed E-state index contributed by atoms with van der Waals surface area (Å²) in [6.45, 7) is 4.24. The van der Waals surface area contributed by atoms with E-state index in [0.29, 0.717) is 22.8 Å². The summed E-state index contributed by atoms with van der Waals surface area (Å²) in [7, 11) is 0. The average molecular weight is 278 g/mol. The minimum absolute atomic E-state index is 0.0531. The van der Waals surface area contributed by atoms with Gasteiger partial charge in [-0.05, 0) is 25.5 Å². The normalized spacial score (nSPS) is 14.5. The molecule has 1 heterocycles. The molecule has 0 amide bonds. The fourth-order valence-corrected chi connectivity index (χ4v) is 2.01. The van der Waals surface area contributed by atoms with Crippen LogP contribution in [0.2, 0.25) is 0 Å². The van der Waals surface area contributed by atoms with E-state index in [2.05, 4.69) is 6.92 Å². The molecule has 1 aromatic rings. The summed E-state index contributed by atoms with van der Waals surface area (Å²) in [5.74, 6) is 0.824. The molecule has 0 radical (unpaired) electrons. The van der Waals surface area contributed by atoms with E-state index in [0.717, 1.165) is 18.9 Å². The molecular formula is C15H18O5. The van der Waals surface area contributed by atoms with Crippen molar-refractivity contribution in [3.8, 4) is 17.2 Å². The highest BCUT2D eigenvalue weighted by Gasteiger charge is 2.18. The van der Waals surface area contributed by atoms with Gasteiger partial charge in [0.05, 0.1) is 6.10 Å². The minimum Gasteiger partial charge on any atom is -0.490 e. The molecule has 1 aromatic carbocycles. The number of carbonyl (C=O) groups is 1. The van der Waals surface area contributed by atoms with Gasteiger partial charge in [0.1, 0.15) is 5.75 Å². The Morgan fingerprint density at radius 1 is 1.45 bits per heavy atom. The second kappa shape index (κ2) is 6.32. The van der Waals surface area contributed by atoms with Gasteiger partial charge >= 0.3 is 5.97 Å². The molecule has 1 aliphatic heterocycles. The molecule has 0 aromatic heterocycles. The van der Waals surface area contributed by atoms with Crippen molar-refractivity contribution in [1.82, 2.24) is 0 Å². The van der Waals surface area contributed by atoms with Crippen LogP contribution in [-0.2, 0) is 4.79 Å². The Morgan fingerprint density at radius 3 is 2.80 bits per heavy atom. The lowest BCUT2D eigenvalue weighted by Crippen LogP contribution is -2.11. The average Bonchev–Trinajstić information content (AvgIpc) is 2.83. The first-order valence-electron chi connectivity index (χ1n) is 6.61. The monoisotopic (exact) mass is 278 g/mol. The van der Waals surface area contributed by atoms with Gasteiger partial charge in [-0.2, -0.15) is 0 Å². The zero-order valence-corrected chi connectivity index (χ0v) is 11.6. The van der Waals surface area contributed by atoms with Crippen molar-refractivity contribution in [3.05, 3.63) is 23.8 Å². The van der Waals surface area contributed by atoms with E-state index in [-0.39, 0.29) is 12.9 Å². The van der Waals surface area contributed by atoms with Gasteiger partial charge in [-0.1, -0.05) is 13.3 Å². The van der Waals surface area contributed by atoms with Crippen LogP contribution in [0, 0.1) is 0 Å². The summed E-state index contributed by atoms with van der Waals surface area (Å²) in [5.41, 5.74) is 0.666. The zero-order valence-electron chi connectivity index (χ0n) is 11.6. The van der Waals surface area contributed by atoms with Gasteiger partial charge < -0.3 is 19.3 Å². The Kier molecular flexibility index (Phi) is 4.50. The van der Waals surface area contributed by atoms with Gasteiger partial charge in [0.25, 0.3) is 0 Å². The summed E-state index contributed by atoms with van der Waals surface area (Å²) in [6, 6.07) is 3.48. The molecule has 1 atom stereocenters. The van der Waals surface area contributed by atoms with E-state index in [4.69, 9.17) is 19.3 Å². The van der Waals surface area contributed by atoms with Crippen molar-refractivity contribution in [3.63, 3.8) is 0 Å². The first kappa shape index (κ1) is 14.2. The highest BCUT2D eigenvalue weighted by atomic mass is 16.7. The van der Waals surface area contributed by atoms with Gasteiger partial charge in [-0.15, -0.1) is 0 Å². The second-order valence-corrected chi connectivity index (χ2v) is 4.63. The van der Waals surface area contributed by atoms with Crippen molar-refractivity contribution < 1.29 is 24.1 Å². The van der Waals surface area contributed by atoms with Crippen LogP contribution in [-0.4, -0.2) is 24.0 Å². The minimum atomic E-state index is -1.00. The fraction of sp³-hybridized carbons (Fsp3) is 0.400. The molecular weight excluding hydrogens is 260 g/mol. The molecule has 1 unspecified atom stereocenters. The number of aliphatic carboxylic acids is 1. The summed E-state index contributed by atoms with van der Waals surface area (Å²) < 4.78 is 16.5. The van der Waals surface area contributed by atoms with E-state index in [1.165, 1.54) is 6.08 Å². The Balaban J connectivity index is 2.29. The first-order chi connectivity index (χ1) is 9.60. The molecule has 1 aliphatic rings.